The summed E-state index contributed by atoms with van der Waals surface area (Å²) < 4.78 is 5.43. The van der Waals surface area contributed by atoms with Gasteiger partial charge in [0.2, 0.25) is 0 Å². The van der Waals surface area contributed by atoms with E-state index in [1.165, 1.54) is 7.11 Å². The number of nitrogens with two attached hydrogens (primary N) is 1. The number of hydrogen-bond donors (Lipinski definition) is 3. The second kappa shape index (κ2) is 10.1. The smallest absolute Gasteiger partial charge is 0.168 e. The maximum absolute atomic E-state index is 12.2. The van der Waals surface area contributed by atoms with Crippen molar-refractivity contribution in [3.05, 3.63) is 47.5 Å². The fourth-order valence-electron chi connectivity index (χ4n) is 3.23. The highest BCUT2D eigenvalue weighted by Crippen LogP contribution is 2.40. The van der Waals surface area contributed by atoms with E-state index in [1.807, 2.05) is 37.3 Å². The summed E-state index contributed by atoms with van der Waals surface area (Å²) in [7, 11) is 1.52. The van der Waals surface area contributed by atoms with Crippen LogP contribution in [-0.4, -0.2) is 29.2 Å². The molecule has 0 aliphatic rings. The topological polar surface area (TPSA) is 92.8 Å². The minimum absolute atomic E-state index is 0.0346. The van der Waals surface area contributed by atoms with Crippen LogP contribution in [0.1, 0.15) is 43.7 Å². The molecule has 0 heterocycles. The monoisotopic (exact) mass is 371 g/mol. The van der Waals surface area contributed by atoms with Crippen LogP contribution in [0.3, 0.4) is 0 Å². The van der Waals surface area contributed by atoms with E-state index >= 15 is 0 Å². The van der Waals surface area contributed by atoms with Gasteiger partial charge in [-0.3, -0.25) is 4.79 Å². The average molecular weight is 371 g/mol. The van der Waals surface area contributed by atoms with E-state index in [0.717, 1.165) is 28.7 Å². The summed E-state index contributed by atoms with van der Waals surface area (Å²) in [4.78, 5) is 12.2. The first-order valence-electron chi connectivity index (χ1n) is 9.38. The lowest BCUT2D eigenvalue weighted by Gasteiger charge is -2.16. The Hall–Kier alpha value is -2.37. The van der Waals surface area contributed by atoms with Crippen LogP contribution in [-0.2, 0) is 17.8 Å². The standard InChI is InChI=1S/C22H29NO4/c1-3-4-18(24)13-19(25)11-9-17-10-12-20(26)22(27-2)21(17)16-7-5-15(14-23)6-8-16/h5-8,10,12,18,24,26H,3-4,9,11,13-14,23H2,1-2H3/t18-/m1/s1. The van der Waals surface area contributed by atoms with Crippen molar-refractivity contribution in [2.45, 2.75) is 51.7 Å². The molecule has 0 aliphatic heterocycles. The van der Waals surface area contributed by atoms with Crippen molar-refractivity contribution in [1.29, 1.82) is 0 Å². The number of ketones is 1. The molecular weight excluding hydrogens is 342 g/mol. The number of aromatic hydroxyl groups is 1. The molecule has 0 radical (unpaired) electrons. The SMILES string of the molecule is CCC[C@@H](O)CC(=O)CCc1ccc(O)c(OC)c1-c1ccc(CN)cc1. The van der Waals surface area contributed by atoms with Crippen molar-refractivity contribution in [1.82, 2.24) is 0 Å². The molecule has 5 heteroatoms. The van der Waals surface area contributed by atoms with Crippen molar-refractivity contribution in [3.8, 4) is 22.6 Å². The Morgan fingerprint density at radius 1 is 1.19 bits per heavy atom. The maximum Gasteiger partial charge on any atom is 0.168 e. The van der Waals surface area contributed by atoms with E-state index in [2.05, 4.69) is 0 Å². The Morgan fingerprint density at radius 2 is 1.89 bits per heavy atom. The second-order valence-corrected chi connectivity index (χ2v) is 6.74. The number of methoxy groups -OCH3 is 1. The molecule has 2 rings (SSSR count). The van der Waals surface area contributed by atoms with E-state index in [1.54, 1.807) is 6.07 Å². The van der Waals surface area contributed by atoms with E-state index in [0.29, 0.717) is 31.6 Å². The first-order chi connectivity index (χ1) is 13.0. The summed E-state index contributed by atoms with van der Waals surface area (Å²) in [6, 6.07) is 11.2. The molecule has 0 aliphatic carbocycles. The summed E-state index contributed by atoms with van der Waals surface area (Å²) in [5.74, 6) is 0.489. The number of carbonyl (C=O) groups excluding carboxylic acids is 1. The Morgan fingerprint density at radius 3 is 2.48 bits per heavy atom. The number of rotatable bonds is 10. The molecule has 0 amide bonds. The summed E-state index contributed by atoms with van der Waals surface area (Å²) >= 11 is 0. The number of Topliss-reactive ketones (excluding diaryl/α,β-unsaturated/α-hetero) is 1. The first kappa shape index (κ1) is 20.9. The average Bonchev–Trinajstić information content (AvgIpc) is 2.67. The number of phenols is 1. The quantitative estimate of drug-likeness (QED) is 0.594. The molecule has 2 aromatic carbocycles. The molecule has 0 spiro atoms. The van der Waals surface area contributed by atoms with Gasteiger partial charge in [-0.05, 0) is 35.6 Å². The third-order valence-electron chi connectivity index (χ3n) is 4.66. The van der Waals surface area contributed by atoms with Crippen LogP contribution in [0.4, 0.5) is 0 Å². The Labute approximate surface area is 160 Å². The van der Waals surface area contributed by atoms with Crippen LogP contribution in [0.2, 0.25) is 0 Å². The van der Waals surface area contributed by atoms with E-state index < -0.39 is 6.10 Å². The van der Waals surface area contributed by atoms with Crippen LogP contribution >= 0.6 is 0 Å². The zero-order chi connectivity index (χ0) is 19.8. The maximum atomic E-state index is 12.2. The van der Waals surface area contributed by atoms with Crippen molar-refractivity contribution in [2.75, 3.05) is 7.11 Å². The molecule has 27 heavy (non-hydrogen) atoms. The highest BCUT2D eigenvalue weighted by Gasteiger charge is 2.17. The lowest BCUT2D eigenvalue weighted by Crippen LogP contribution is -2.13. The predicted octanol–water partition coefficient (Wildman–Crippen LogP) is 3.58. The van der Waals surface area contributed by atoms with Crippen LogP contribution in [0.15, 0.2) is 36.4 Å². The normalized spacial score (nSPS) is 12.0. The molecule has 4 N–H and O–H groups in total. The molecule has 5 nitrogen and oxygen atoms in total. The Kier molecular flexibility index (Phi) is 7.82. The number of hydrogen-bond acceptors (Lipinski definition) is 5. The summed E-state index contributed by atoms with van der Waals surface area (Å²) in [5.41, 5.74) is 9.28. The predicted molar refractivity (Wildman–Crippen MR) is 107 cm³/mol. The molecule has 0 unspecified atom stereocenters. The van der Waals surface area contributed by atoms with Gasteiger partial charge in [0.15, 0.2) is 11.5 Å². The largest absolute Gasteiger partial charge is 0.504 e. The third-order valence-corrected chi connectivity index (χ3v) is 4.66. The number of phenolic OH excluding ortho intramolecular Hbond substituents is 1. The van der Waals surface area contributed by atoms with Gasteiger partial charge in [-0.25, -0.2) is 0 Å². The molecule has 1 atom stereocenters. The van der Waals surface area contributed by atoms with Gasteiger partial charge in [0.05, 0.1) is 13.2 Å². The minimum atomic E-state index is -0.569. The third kappa shape index (κ3) is 5.55. The van der Waals surface area contributed by atoms with E-state index in [4.69, 9.17) is 10.5 Å². The number of carbonyl (C=O) groups is 1. The fraction of sp³-hybridized carbons (Fsp3) is 0.409. The van der Waals surface area contributed by atoms with Gasteiger partial charge in [0.1, 0.15) is 5.78 Å². The highest BCUT2D eigenvalue weighted by atomic mass is 16.5. The molecule has 0 fully saturated rings. The molecule has 0 aromatic heterocycles. The fourth-order valence-corrected chi connectivity index (χ4v) is 3.23. The van der Waals surface area contributed by atoms with E-state index in [-0.39, 0.29) is 18.0 Å². The number of benzene rings is 2. The first-order valence-corrected chi connectivity index (χ1v) is 9.38. The van der Waals surface area contributed by atoms with Gasteiger partial charge in [-0.15, -0.1) is 0 Å². The highest BCUT2D eigenvalue weighted by molar-refractivity contribution is 5.81. The van der Waals surface area contributed by atoms with Crippen LogP contribution < -0.4 is 10.5 Å². The lowest BCUT2D eigenvalue weighted by molar-refractivity contribution is -0.121. The molecular formula is C22H29NO4. The van der Waals surface area contributed by atoms with Crippen molar-refractivity contribution >= 4 is 5.78 Å². The molecule has 0 bridgehead atoms. The molecule has 2 aromatic rings. The van der Waals surface area contributed by atoms with Gasteiger partial charge in [-0.2, -0.15) is 0 Å². The molecule has 146 valence electrons. The summed E-state index contributed by atoms with van der Waals surface area (Å²) in [6.45, 7) is 2.44. The van der Waals surface area contributed by atoms with Crippen LogP contribution in [0, 0.1) is 0 Å². The Bertz CT molecular complexity index is 756. The summed E-state index contributed by atoms with van der Waals surface area (Å²) in [6.07, 6.45) is 1.96. The number of aryl methyl sites for hydroxylation is 1. The zero-order valence-corrected chi connectivity index (χ0v) is 16.1. The number of aliphatic hydroxyl groups is 1. The minimum Gasteiger partial charge on any atom is -0.504 e. The Balaban J connectivity index is 2.26. The molecule has 0 saturated carbocycles. The van der Waals surface area contributed by atoms with Gasteiger partial charge < -0.3 is 20.7 Å². The zero-order valence-electron chi connectivity index (χ0n) is 16.1. The number of ether oxygens (including phenoxy) is 1. The molecule has 0 saturated heterocycles. The second-order valence-electron chi connectivity index (χ2n) is 6.74. The van der Waals surface area contributed by atoms with Gasteiger partial charge in [0.25, 0.3) is 0 Å². The van der Waals surface area contributed by atoms with Gasteiger partial charge in [0, 0.05) is 24.9 Å². The van der Waals surface area contributed by atoms with Gasteiger partial charge >= 0.3 is 0 Å². The van der Waals surface area contributed by atoms with E-state index in [9.17, 15) is 15.0 Å². The van der Waals surface area contributed by atoms with Crippen LogP contribution in [0.5, 0.6) is 11.5 Å². The van der Waals surface area contributed by atoms with Crippen molar-refractivity contribution in [3.63, 3.8) is 0 Å². The lowest BCUT2D eigenvalue weighted by atomic mass is 9.93. The van der Waals surface area contributed by atoms with Gasteiger partial charge in [-0.1, -0.05) is 43.7 Å². The van der Waals surface area contributed by atoms with Crippen molar-refractivity contribution in [2.24, 2.45) is 5.73 Å². The summed E-state index contributed by atoms with van der Waals surface area (Å²) in [5, 5.41) is 20.0. The van der Waals surface area contributed by atoms with Crippen molar-refractivity contribution < 1.29 is 19.7 Å². The van der Waals surface area contributed by atoms with Crippen LogP contribution in [0.25, 0.3) is 11.1 Å². The number of aliphatic hydroxyl groups excluding tert-OH is 1.